The summed E-state index contributed by atoms with van der Waals surface area (Å²) in [6.45, 7) is 29.0. The lowest BCUT2D eigenvalue weighted by Gasteiger charge is -2.45. The number of allylic oxidation sites excluding steroid dienone is 3. The maximum Gasteiger partial charge on any atom is 0.297 e. The summed E-state index contributed by atoms with van der Waals surface area (Å²) in [5, 5.41) is 0. The third-order valence-electron chi connectivity index (χ3n) is 16.0. The van der Waals surface area contributed by atoms with Crippen molar-refractivity contribution in [2.24, 2.45) is 0 Å². The quantitative estimate of drug-likeness (QED) is 0.104. The van der Waals surface area contributed by atoms with Gasteiger partial charge in [0.15, 0.2) is 0 Å². The van der Waals surface area contributed by atoms with E-state index < -0.39 is 0 Å². The highest BCUT2D eigenvalue weighted by Gasteiger charge is 2.53. The van der Waals surface area contributed by atoms with Gasteiger partial charge in [-0.1, -0.05) is 149 Å². The summed E-state index contributed by atoms with van der Waals surface area (Å²) in [6, 6.07) is 29.0. The van der Waals surface area contributed by atoms with Gasteiger partial charge in [0.1, 0.15) is 76.4 Å². The molecule has 354 valence electrons. The molecule has 9 rings (SSSR count). The number of terminal acetylenes is 1. The molecule has 0 fully saturated rings. The largest absolute Gasteiger partial charge is 0.472 e. The Balaban J connectivity index is 1.49. The van der Waals surface area contributed by atoms with Crippen LogP contribution in [0.4, 0.5) is 45.5 Å². The number of nitrogens with zero attached hydrogens (tertiary/aromatic N) is 3. The summed E-state index contributed by atoms with van der Waals surface area (Å²) in [5.41, 5.74) is 14.0. The minimum Gasteiger partial charge on any atom is -0.472 e. The third kappa shape index (κ3) is 9.09. The van der Waals surface area contributed by atoms with Gasteiger partial charge in [0.05, 0.1) is 11.3 Å². The zero-order valence-corrected chi connectivity index (χ0v) is 46.2. The Hall–Kier alpha value is -5.53. The Bertz CT molecular complexity index is 3400. The van der Waals surface area contributed by atoms with Crippen molar-refractivity contribution in [1.29, 1.82) is 0 Å². The zero-order chi connectivity index (χ0) is 55.0. The van der Waals surface area contributed by atoms with Crippen molar-refractivity contribution in [3.63, 3.8) is 0 Å². The van der Waals surface area contributed by atoms with E-state index in [4.69, 9.17) is 81.5 Å². The van der Waals surface area contributed by atoms with Crippen LogP contribution in [0.1, 0.15) is 131 Å². The molecule has 3 aliphatic rings. The molecule has 0 saturated heterocycles. The Kier molecular flexibility index (Phi) is 13.5. The van der Waals surface area contributed by atoms with Crippen LogP contribution < -0.4 is 58.6 Å². The van der Waals surface area contributed by atoms with Crippen LogP contribution in [0.25, 0.3) is 0 Å². The van der Waals surface area contributed by atoms with Crippen LogP contribution in [0.15, 0.2) is 105 Å². The fraction of sp³-hybridized carbons (Fsp3) is 0.344. The van der Waals surface area contributed by atoms with Crippen LogP contribution in [0.3, 0.4) is 0 Å². The molecule has 0 spiro atoms. The normalized spacial score (nSPS) is 16.2. The van der Waals surface area contributed by atoms with Crippen LogP contribution in [0.2, 0.25) is 0 Å². The third-order valence-corrected chi connectivity index (χ3v) is 16.0. The van der Waals surface area contributed by atoms with Crippen molar-refractivity contribution in [3.05, 3.63) is 129 Å². The van der Waals surface area contributed by atoms with Gasteiger partial charge >= 0.3 is 0 Å². The predicted octanol–water partition coefficient (Wildman–Crippen LogP) is 6.44. The molecule has 4 nitrogen and oxygen atoms in total. The molecule has 3 heterocycles. The van der Waals surface area contributed by atoms with Crippen LogP contribution in [-0.2, 0) is 27.1 Å². The Morgan fingerprint density at radius 1 is 0.613 bits per heavy atom. The van der Waals surface area contributed by atoms with Gasteiger partial charge in [0.25, 0.3) is 6.71 Å². The van der Waals surface area contributed by atoms with E-state index in [1.807, 2.05) is 4.90 Å². The van der Waals surface area contributed by atoms with Crippen LogP contribution in [0, 0.1) is 12.3 Å². The number of rotatable bonds is 7. The van der Waals surface area contributed by atoms with Gasteiger partial charge in [0, 0.05) is 57.3 Å². The molecule has 6 aromatic rings. The minimum absolute atomic E-state index is 0.00688. The molecular weight excluding hydrogens is 899 g/mol. The average Bonchev–Trinajstić information content (AvgIpc) is 3.77. The minimum atomic E-state index is -0.354. The fourth-order valence-corrected chi connectivity index (χ4v) is 11.2. The summed E-state index contributed by atoms with van der Waals surface area (Å²) >= 11 is 0. The Morgan fingerprint density at radius 3 is 1.59 bits per heavy atom. The molecule has 0 N–H and O–H groups in total. The van der Waals surface area contributed by atoms with E-state index in [2.05, 4.69) is 185 Å². The van der Waals surface area contributed by atoms with Gasteiger partial charge in [-0.15, -0.1) is 39.2 Å². The standard InChI is InChI=1S/C61H59B10N3O/c1-15-38(62)45(64)46(65)39(63)31-72(54-50(69)48(67)47(66)49(68)51(54)70)37-29-42-52-43(30-37)74(36-23-18-33(19-24-36)58(5,6)7)53-44-55(61(13,14)27-26-60(44,11)12)75-56(53)71(52)40-28-34(59(8,9)10)20-25-41(40)73(42)35-21-16-32(17-22-35)57(2,3)4/h1,16-25,28-30H,26-27,31H2,2-14H3/b45-38-,46-39-. The van der Waals surface area contributed by atoms with Crippen molar-refractivity contribution in [3.8, 4) is 12.3 Å². The Morgan fingerprint density at radius 2 is 1.08 bits per heavy atom. The second kappa shape index (κ2) is 18.6. The Labute approximate surface area is 460 Å². The van der Waals surface area contributed by atoms with E-state index in [9.17, 15) is 0 Å². The van der Waals surface area contributed by atoms with E-state index in [0.29, 0.717) is 5.69 Å². The van der Waals surface area contributed by atoms with Gasteiger partial charge in [-0.25, -0.2) is 0 Å². The van der Waals surface area contributed by atoms with Gasteiger partial charge in [-0.3, -0.25) is 0 Å². The first-order chi connectivity index (χ1) is 34.8. The molecule has 0 saturated carbocycles. The number of furan rings is 1. The van der Waals surface area contributed by atoms with Crippen molar-refractivity contribution >= 4 is 167 Å². The molecule has 0 atom stereocenters. The number of anilines is 8. The van der Waals surface area contributed by atoms with E-state index in [1.54, 1.807) is 0 Å². The molecule has 0 unspecified atom stereocenters. The lowest BCUT2D eigenvalue weighted by molar-refractivity contribution is 0.282. The van der Waals surface area contributed by atoms with Gasteiger partial charge in [-0.2, -0.15) is 0 Å². The van der Waals surface area contributed by atoms with E-state index in [1.165, 1.54) is 22.3 Å². The molecule has 75 heavy (non-hydrogen) atoms. The van der Waals surface area contributed by atoms with Gasteiger partial charge < -0.3 is 19.1 Å². The highest BCUT2D eigenvalue weighted by molar-refractivity contribution is 6.99. The lowest BCUT2D eigenvalue weighted by Crippen LogP contribution is -2.61. The monoisotopic (exact) mass is 960 g/mol. The number of hydrogen-bond donors (Lipinski definition) is 0. The molecule has 0 amide bonds. The first-order valence-corrected chi connectivity index (χ1v) is 25.9. The van der Waals surface area contributed by atoms with E-state index in [-0.39, 0.29) is 95.2 Å². The van der Waals surface area contributed by atoms with Crippen LogP contribution in [-0.4, -0.2) is 83.9 Å². The van der Waals surface area contributed by atoms with E-state index >= 15 is 0 Å². The van der Waals surface area contributed by atoms with Gasteiger partial charge in [0.2, 0.25) is 0 Å². The van der Waals surface area contributed by atoms with Crippen molar-refractivity contribution in [2.45, 2.75) is 130 Å². The predicted molar refractivity (Wildman–Crippen MR) is 330 cm³/mol. The smallest absolute Gasteiger partial charge is 0.297 e. The molecule has 5 aromatic carbocycles. The number of hydrogen-bond acceptors (Lipinski definition) is 4. The highest BCUT2D eigenvalue weighted by Crippen LogP contribution is 2.55. The second-order valence-electron chi connectivity index (χ2n) is 25.3. The molecule has 0 bridgehead atoms. The molecule has 14 heteroatoms. The van der Waals surface area contributed by atoms with Gasteiger partial charge in [-0.05, 0) is 105 Å². The second-order valence-corrected chi connectivity index (χ2v) is 25.3. The summed E-state index contributed by atoms with van der Waals surface area (Å²) in [7, 11) is 60.4. The molecular formula is C61H59B10N3O. The first kappa shape index (κ1) is 54.3. The topological polar surface area (TPSA) is 22.9 Å². The maximum atomic E-state index is 7.66. The van der Waals surface area contributed by atoms with Crippen molar-refractivity contribution < 1.29 is 4.42 Å². The maximum absolute atomic E-state index is 7.66. The van der Waals surface area contributed by atoms with E-state index in [0.717, 1.165) is 69.3 Å². The zero-order valence-electron chi connectivity index (χ0n) is 46.2. The molecule has 1 aromatic heterocycles. The van der Waals surface area contributed by atoms with Crippen molar-refractivity contribution in [1.82, 2.24) is 0 Å². The lowest BCUT2D eigenvalue weighted by atomic mass is 9.35. The van der Waals surface area contributed by atoms with Crippen LogP contribution >= 0.6 is 0 Å². The molecule has 18 radical (unpaired) electrons. The summed E-state index contributed by atoms with van der Waals surface area (Å²) in [5.74, 6) is 3.38. The average molecular weight is 958 g/mol. The summed E-state index contributed by atoms with van der Waals surface area (Å²) in [6.07, 6.45) is 7.63. The first-order valence-electron chi connectivity index (χ1n) is 25.9. The number of benzene rings is 5. The fourth-order valence-electron chi connectivity index (χ4n) is 11.2. The molecule has 2 aliphatic heterocycles. The summed E-state index contributed by atoms with van der Waals surface area (Å²) < 4.78 is 7.66. The number of fused-ring (bicyclic) bond motifs is 6. The van der Waals surface area contributed by atoms with Crippen molar-refractivity contribution in [2.75, 3.05) is 21.2 Å². The highest BCUT2D eigenvalue weighted by atomic mass is 16.3. The van der Waals surface area contributed by atoms with Crippen LogP contribution in [0.5, 0.6) is 0 Å². The summed E-state index contributed by atoms with van der Waals surface area (Å²) in [4.78, 5) is 6.63. The molecule has 1 aliphatic carbocycles. The SMILES string of the molecule is [B]/C(C#C)=C([B])/C([B])=C(/[B])CN(c1cc2c3c(c1)N(c1ccc(C(C)(C)C)cc1)c1c(oc4c1C(C)(C)CCC4(C)C)B3c1cc(C(C)(C)C)ccc1N2c1ccc(C(C)(C)C)cc1)c1c([B])c([B])c([B])c([B])c1[B].